The molecule has 154 valence electrons. The molecule has 0 unspecified atom stereocenters. The number of benzene rings is 2. The molecule has 0 aliphatic carbocycles. The summed E-state index contributed by atoms with van der Waals surface area (Å²) < 4.78 is 7.03. The van der Waals surface area contributed by atoms with Crippen LogP contribution in [0.2, 0.25) is 0 Å². The number of methoxy groups -OCH3 is 1. The maximum atomic E-state index is 12.3. The molecule has 0 saturated carbocycles. The highest BCUT2D eigenvalue weighted by Crippen LogP contribution is 2.25. The number of nitrogens with zero attached hydrogens (tertiary/aromatic N) is 4. The van der Waals surface area contributed by atoms with Crippen LogP contribution < -0.4 is 10.2 Å². The van der Waals surface area contributed by atoms with Crippen LogP contribution in [0.5, 0.6) is 11.5 Å². The molecule has 0 saturated heterocycles. The third kappa shape index (κ3) is 5.00. The molecule has 11 heteroatoms. The van der Waals surface area contributed by atoms with Crippen molar-refractivity contribution in [3.05, 3.63) is 80.1 Å². The number of ether oxygens (including phenoxy) is 1. The molecular weight excluding hydrogens is 458 g/mol. The minimum atomic E-state index is -0.522. The van der Waals surface area contributed by atoms with Crippen molar-refractivity contribution in [2.24, 2.45) is 5.10 Å². The fourth-order valence-corrected chi connectivity index (χ4v) is 3.03. The number of aromatic hydroxyl groups is 1. The summed E-state index contributed by atoms with van der Waals surface area (Å²) in [6, 6.07) is 10.7. The summed E-state index contributed by atoms with van der Waals surface area (Å²) in [6.07, 6.45) is 3.03. The molecule has 0 fully saturated rings. The van der Waals surface area contributed by atoms with Crippen molar-refractivity contribution in [3.8, 4) is 11.5 Å². The molecule has 1 amide bonds. The molecule has 3 aromatic rings. The summed E-state index contributed by atoms with van der Waals surface area (Å²) in [7, 11) is 1.43. The number of hydrazone groups is 1. The third-order valence-electron chi connectivity index (χ3n) is 4.01. The van der Waals surface area contributed by atoms with Gasteiger partial charge in [-0.25, -0.2) is 5.43 Å². The van der Waals surface area contributed by atoms with Gasteiger partial charge in [0.25, 0.3) is 11.6 Å². The van der Waals surface area contributed by atoms with Gasteiger partial charge in [0.2, 0.25) is 0 Å². The van der Waals surface area contributed by atoms with Crippen molar-refractivity contribution < 1.29 is 19.6 Å². The SMILES string of the molecule is COc1cc(/C=N\NC(=O)c2nn(Cc3ccc([N+](=O)[O-])cc3)cc2Br)ccc1O. The number of nitro groups is 1. The molecule has 0 aliphatic rings. The standard InChI is InChI=1S/C19H16BrN5O5/c1-30-17-8-13(4-7-16(17)26)9-21-22-19(27)18-15(20)11-24(23-18)10-12-2-5-14(6-3-12)25(28)29/h2-9,11,26H,10H2,1H3,(H,22,27)/b21-9-. The van der Waals surface area contributed by atoms with Gasteiger partial charge in [0, 0.05) is 18.3 Å². The lowest BCUT2D eigenvalue weighted by Crippen LogP contribution is -2.19. The zero-order chi connectivity index (χ0) is 21.7. The van der Waals surface area contributed by atoms with Gasteiger partial charge in [-0.3, -0.25) is 19.6 Å². The molecule has 0 radical (unpaired) electrons. The zero-order valence-electron chi connectivity index (χ0n) is 15.7. The normalized spacial score (nSPS) is 10.9. The fraction of sp³-hybridized carbons (Fsp3) is 0.105. The summed E-state index contributed by atoms with van der Waals surface area (Å²) >= 11 is 3.30. The number of hydrogen-bond acceptors (Lipinski definition) is 7. The maximum absolute atomic E-state index is 12.3. The quantitative estimate of drug-likeness (QED) is 0.307. The van der Waals surface area contributed by atoms with Crippen LogP contribution in [-0.4, -0.2) is 39.0 Å². The summed E-state index contributed by atoms with van der Waals surface area (Å²) in [5, 5.41) is 28.4. The van der Waals surface area contributed by atoms with Crippen molar-refractivity contribution in [1.82, 2.24) is 15.2 Å². The average molecular weight is 474 g/mol. The molecule has 0 atom stereocenters. The Labute approximate surface area is 179 Å². The predicted octanol–water partition coefficient (Wildman–Crippen LogP) is 3.08. The topological polar surface area (TPSA) is 132 Å². The van der Waals surface area contributed by atoms with E-state index in [1.54, 1.807) is 30.5 Å². The smallest absolute Gasteiger partial charge is 0.293 e. The van der Waals surface area contributed by atoms with E-state index in [1.165, 1.54) is 36.2 Å². The van der Waals surface area contributed by atoms with Gasteiger partial charge in [-0.1, -0.05) is 12.1 Å². The number of phenolic OH excluding ortho intramolecular Hbond substituents is 1. The lowest BCUT2D eigenvalue weighted by Gasteiger charge is -2.03. The van der Waals surface area contributed by atoms with Crippen LogP contribution in [-0.2, 0) is 6.54 Å². The van der Waals surface area contributed by atoms with E-state index < -0.39 is 10.8 Å². The van der Waals surface area contributed by atoms with Gasteiger partial charge >= 0.3 is 0 Å². The first kappa shape index (κ1) is 21.0. The molecule has 10 nitrogen and oxygen atoms in total. The maximum Gasteiger partial charge on any atom is 0.293 e. The first-order valence-corrected chi connectivity index (χ1v) is 9.33. The Morgan fingerprint density at radius 2 is 2.10 bits per heavy atom. The number of nitro benzene ring substituents is 1. The van der Waals surface area contributed by atoms with Crippen LogP contribution in [0.3, 0.4) is 0 Å². The number of nitrogens with one attached hydrogen (secondary N) is 1. The van der Waals surface area contributed by atoms with Crippen LogP contribution in [0.4, 0.5) is 5.69 Å². The highest BCUT2D eigenvalue weighted by molar-refractivity contribution is 9.10. The fourth-order valence-electron chi connectivity index (χ4n) is 2.53. The Morgan fingerprint density at radius 1 is 1.37 bits per heavy atom. The number of aromatic nitrogens is 2. The monoisotopic (exact) mass is 473 g/mol. The number of halogens is 1. The van der Waals surface area contributed by atoms with E-state index in [4.69, 9.17) is 4.74 Å². The van der Waals surface area contributed by atoms with Crippen LogP contribution in [0, 0.1) is 10.1 Å². The molecule has 3 rings (SSSR count). The molecule has 0 aliphatic heterocycles. The van der Waals surface area contributed by atoms with E-state index in [2.05, 4.69) is 31.6 Å². The first-order chi connectivity index (χ1) is 14.4. The van der Waals surface area contributed by atoms with E-state index in [9.17, 15) is 20.0 Å². The Kier molecular flexibility index (Phi) is 6.42. The molecule has 1 heterocycles. The Bertz CT molecular complexity index is 1110. The number of carbonyl (C=O) groups excluding carboxylic acids is 1. The average Bonchev–Trinajstić information content (AvgIpc) is 3.09. The summed E-state index contributed by atoms with van der Waals surface area (Å²) in [6.45, 7) is 0.334. The number of carbonyl (C=O) groups is 1. The Hall–Kier alpha value is -3.73. The second kappa shape index (κ2) is 9.18. The molecule has 2 aromatic carbocycles. The van der Waals surface area contributed by atoms with Crippen molar-refractivity contribution in [2.75, 3.05) is 7.11 Å². The van der Waals surface area contributed by atoms with E-state index >= 15 is 0 Å². The second-order valence-corrected chi connectivity index (χ2v) is 6.93. The predicted molar refractivity (Wildman–Crippen MR) is 112 cm³/mol. The van der Waals surface area contributed by atoms with Crippen molar-refractivity contribution >= 4 is 33.7 Å². The number of amides is 1. The molecular formula is C19H16BrN5O5. The first-order valence-electron chi connectivity index (χ1n) is 8.54. The number of phenols is 1. The minimum Gasteiger partial charge on any atom is -0.504 e. The van der Waals surface area contributed by atoms with Crippen molar-refractivity contribution in [2.45, 2.75) is 6.54 Å². The van der Waals surface area contributed by atoms with Crippen LogP contribution in [0.25, 0.3) is 0 Å². The van der Waals surface area contributed by atoms with Crippen molar-refractivity contribution in [1.29, 1.82) is 0 Å². The van der Waals surface area contributed by atoms with E-state index in [1.807, 2.05) is 0 Å². The number of non-ortho nitro benzene ring substituents is 1. The molecule has 0 spiro atoms. The number of hydrogen-bond donors (Lipinski definition) is 2. The van der Waals surface area contributed by atoms with Gasteiger partial charge in [0.1, 0.15) is 0 Å². The lowest BCUT2D eigenvalue weighted by atomic mass is 10.2. The Balaban J connectivity index is 1.65. The van der Waals surface area contributed by atoms with Gasteiger partial charge in [0.15, 0.2) is 17.2 Å². The van der Waals surface area contributed by atoms with Gasteiger partial charge in [0.05, 0.1) is 29.3 Å². The van der Waals surface area contributed by atoms with Crippen LogP contribution >= 0.6 is 15.9 Å². The zero-order valence-corrected chi connectivity index (χ0v) is 17.2. The third-order valence-corrected chi connectivity index (χ3v) is 4.59. The second-order valence-electron chi connectivity index (χ2n) is 6.08. The van der Waals surface area contributed by atoms with E-state index in [0.29, 0.717) is 16.6 Å². The van der Waals surface area contributed by atoms with Crippen LogP contribution in [0.15, 0.2) is 58.2 Å². The van der Waals surface area contributed by atoms with Crippen LogP contribution in [0.1, 0.15) is 21.6 Å². The summed E-state index contributed by atoms with van der Waals surface area (Å²) in [4.78, 5) is 22.6. The molecule has 30 heavy (non-hydrogen) atoms. The van der Waals surface area contributed by atoms with E-state index in [-0.39, 0.29) is 22.9 Å². The van der Waals surface area contributed by atoms with Gasteiger partial charge in [-0.2, -0.15) is 10.2 Å². The highest BCUT2D eigenvalue weighted by Gasteiger charge is 2.15. The largest absolute Gasteiger partial charge is 0.504 e. The van der Waals surface area contributed by atoms with Gasteiger partial charge in [-0.05, 0) is 45.3 Å². The number of rotatable bonds is 7. The minimum absolute atomic E-state index is 0.00109. The Morgan fingerprint density at radius 3 is 2.77 bits per heavy atom. The van der Waals surface area contributed by atoms with Gasteiger partial charge < -0.3 is 9.84 Å². The van der Waals surface area contributed by atoms with Crippen molar-refractivity contribution in [3.63, 3.8) is 0 Å². The summed E-state index contributed by atoms with van der Waals surface area (Å²) in [5.74, 6) is -0.231. The molecule has 2 N–H and O–H groups in total. The van der Waals surface area contributed by atoms with E-state index in [0.717, 1.165) is 5.56 Å². The lowest BCUT2D eigenvalue weighted by molar-refractivity contribution is -0.384. The highest BCUT2D eigenvalue weighted by atomic mass is 79.9. The molecule has 0 bridgehead atoms. The van der Waals surface area contributed by atoms with Gasteiger partial charge in [-0.15, -0.1) is 0 Å². The summed E-state index contributed by atoms with van der Waals surface area (Å²) in [5.41, 5.74) is 3.94. The molecule has 1 aromatic heterocycles.